The van der Waals surface area contributed by atoms with Crippen LogP contribution in [0.1, 0.15) is 66.7 Å². The van der Waals surface area contributed by atoms with Crippen molar-refractivity contribution in [3.8, 4) is 0 Å². The molecule has 0 spiro atoms. The highest BCUT2D eigenvalue weighted by molar-refractivity contribution is 5.95. The molecule has 0 radical (unpaired) electrons. The van der Waals surface area contributed by atoms with E-state index in [2.05, 4.69) is 5.32 Å². The van der Waals surface area contributed by atoms with E-state index >= 15 is 0 Å². The third-order valence-electron chi connectivity index (χ3n) is 6.86. The molecule has 1 aromatic rings. The molecule has 0 aliphatic carbocycles. The Morgan fingerprint density at radius 2 is 1.76 bits per heavy atom. The first-order chi connectivity index (χ1) is 15.9. The van der Waals surface area contributed by atoms with Gasteiger partial charge in [-0.2, -0.15) is 0 Å². The minimum Gasteiger partial charge on any atom is -0.452 e. The number of rotatable bonds is 2. The minimum atomic E-state index is -1.32. The average molecular weight is 474 g/mol. The highest BCUT2D eigenvalue weighted by Crippen LogP contribution is 2.32. The molecule has 5 atom stereocenters. The number of amides is 1. The molecule has 1 unspecified atom stereocenters. The standard InChI is InChI=1S/C27H39NO6/c1-17-10-9-11-18(2)24(31)19(3)25(32)27(4,5)22(29)16-23(30)34-21(15-14-17)26(33)28-20-12-7-6-8-13-20/h6-8,12-14,18-19,21-22,24,29,31H,9-11,15-16H2,1-5H3,(H,28,33)/t18-,19+,21?,22+,24-/m1/s1. The van der Waals surface area contributed by atoms with Gasteiger partial charge in [0.25, 0.3) is 5.91 Å². The smallest absolute Gasteiger partial charge is 0.309 e. The van der Waals surface area contributed by atoms with E-state index in [0.717, 1.165) is 24.8 Å². The molecule has 0 aromatic heterocycles. The zero-order valence-electron chi connectivity index (χ0n) is 20.9. The van der Waals surface area contributed by atoms with Crippen LogP contribution in [0.25, 0.3) is 0 Å². The Labute approximate surface area is 202 Å². The number of ether oxygens (including phenoxy) is 1. The summed E-state index contributed by atoms with van der Waals surface area (Å²) in [6.45, 7) is 8.67. The average Bonchev–Trinajstić information content (AvgIpc) is 2.79. The van der Waals surface area contributed by atoms with Gasteiger partial charge in [-0.1, -0.05) is 57.5 Å². The van der Waals surface area contributed by atoms with Crippen molar-refractivity contribution in [1.29, 1.82) is 0 Å². The lowest BCUT2D eigenvalue weighted by molar-refractivity contribution is -0.159. The fraction of sp³-hybridized carbons (Fsp3) is 0.593. The number of hydrogen-bond donors (Lipinski definition) is 3. The third-order valence-corrected chi connectivity index (χ3v) is 6.86. The minimum absolute atomic E-state index is 0.0954. The largest absolute Gasteiger partial charge is 0.452 e. The number of ketones is 1. The number of hydrogen-bond acceptors (Lipinski definition) is 6. The predicted molar refractivity (Wildman–Crippen MR) is 131 cm³/mol. The van der Waals surface area contributed by atoms with Crippen LogP contribution in [0.5, 0.6) is 0 Å². The summed E-state index contributed by atoms with van der Waals surface area (Å²) in [6, 6.07) is 8.90. The van der Waals surface area contributed by atoms with Crippen molar-refractivity contribution in [2.24, 2.45) is 17.3 Å². The Balaban J connectivity index is 2.28. The van der Waals surface area contributed by atoms with E-state index in [0.29, 0.717) is 5.69 Å². The van der Waals surface area contributed by atoms with E-state index < -0.39 is 47.9 Å². The number of esters is 1. The molecule has 1 aromatic carbocycles. The zero-order chi connectivity index (χ0) is 25.5. The molecular weight excluding hydrogens is 434 g/mol. The van der Waals surface area contributed by atoms with Gasteiger partial charge < -0.3 is 20.3 Å². The van der Waals surface area contributed by atoms with Crippen molar-refractivity contribution in [2.75, 3.05) is 5.32 Å². The molecule has 0 saturated heterocycles. The molecule has 7 heteroatoms. The van der Waals surface area contributed by atoms with Gasteiger partial charge in [0.15, 0.2) is 6.10 Å². The second kappa shape index (κ2) is 12.3. The predicted octanol–water partition coefficient (Wildman–Crippen LogP) is 4.04. The summed E-state index contributed by atoms with van der Waals surface area (Å²) in [4.78, 5) is 38.7. The van der Waals surface area contributed by atoms with Gasteiger partial charge in [0.1, 0.15) is 5.78 Å². The number of aliphatic hydroxyl groups excluding tert-OH is 2. The van der Waals surface area contributed by atoms with Gasteiger partial charge in [-0.3, -0.25) is 14.4 Å². The van der Waals surface area contributed by atoms with Gasteiger partial charge in [-0.05, 0) is 44.2 Å². The van der Waals surface area contributed by atoms with Crippen LogP contribution in [-0.4, -0.2) is 46.2 Å². The highest BCUT2D eigenvalue weighted by atomic mass is 16.5. The van der Waals surface area contributed by atoms with Gasteiger partial charge in [-0.25, -0.2) is 0 Å². The Bertz CT molecular complexity index is 878. The summed E-state index contributed by atoms with van der Waals surface area (Å²) in [5, 5.41) is 24.2. The maximum Gasteiger partial charge on any atom is 0.309 e. The van der Waals surface area contributed by atoms with Gasteiger partial charge in [-0.15, -0.1) is 0 Å². The van der Waals surface area contributed by atoms with E-state index in [4.69, 9.17) is 4.74 Å². The number of anilines is 1. The number of Topliss-reactive ketones (excluding diaryl/α,β-unsaturated/α-hetero) is 1. The molecule has 34 heavy (non-hydrogen) atoms. The van der Waals surface area contributed by atoms with Gasteiger partial charge in [0.2, 0.25) is 0 Å². The number of nitrogens with one attached hydrogen (secondary N) is 1. The quantitative estimate of drug-likeness (QED) is 0.441. The van der Waals surface area contributed by atoms with Gasteiger partial charge in [0, 0.05) is 18.0 Å². The molecule has 1 aliphatic heterocycles. The van der Waals surface area contributed by atoms with Crippen LogP contribution in [-0.2, 0) is 19.1 Å². The summed E-state index contributed by atoms with van der Waals surface area (Å²) in [6.07, 6.45) is 0.746. The summed E-state index contributed by atoms with van der Waals surface area (Å²) in [5.74, 6) is -2.32. The number of para-hydroxylation sites is 1. The normalized spacial score (nSPS) is 29.6. The summed E-state index contributed by atoms with van der Waals surface area (Å²) < 4.78 is 5.48. The number of carbonyl (C=O) groups is 3. The van der Waals surface area contributed by atoms with Crippen LogP contribution in [0.15, 0.2) is 42.0 Å². The van der Waals surface area contributed by atoms with E-state index in [1.54, 1.807) is 45.0 Å². The van der Waals surface area contributed by atoms with Crippen LogP contribution in [0, 0.1) is 17.3 Å². The number of cyclic esters (lactones) is 1. The molecular formula is C27H39NO6. The molecule has 0 saturated carbocycles. The van der Waals surface area contributed by atoms with E-state index in [9.17, 15) is 24.6 Å². The van der Waals surface area contributed by atoms with Crippen molar-refractivity contribution in [2.45, 2.75) is 85.0 Å². The van der Waals surface area contributed by atoms with Gasteiger partial charge in [0.05, 0.1) is 24.0 Å². The first kappa shape index (κ1) is 27.7. The van der Waals surface area contributed by atoms with Crippen LogP contribution in [0.2, 0.25) is 0 Å². The topological polar surface area (TPSA) is 113 Å². The number of allylic oxidation sites excluding steroid dienone is 1. The molecule has 1 aliphatic rings. The lowest BCUT2D eigenvalue weighted by Gasteiger charge is -2.34. The Morgan fingerprint density at radius 3 is 2.41 bits per heavy atom. The number of benzene rings is 1. The second-order valence-electron chi connectivity index (χ2n) is 10.1. The van der Waals surface area contributed by atoms with E-state index in [-0.39, 0.29) is 18.1 Å². The second-order valence-corrected chi connectivity index (χ2v) is 10.1. The van der Waals surface area contributed by atoms with E-state index in [1.165, 1.54) is 0 Å². The van der Waals surface area contributed by atoms with Crippen LogP contribution >= 0.6 is 0 Å². The summed E-state index contributed by atoms with van der Waals surface area (Å²) >= 11 is 0. The molecule has 2 rings (SSSR count). The Hall–Kier alpha value is -2.51. The fourth-order valence-electron chi connectivity index (χ4n) is 4.26. The molecule has 1 heterocycles. The van der Waals surface area contributed by atoms with E-state index in [1.807, 2.05) is 26.0 Å². The maximum absolute atomic E-state index is 13.1. The molecule has 1 amide bonds. The Kier molecular flexibility index (Phi) is 10.0. The lowest BCUT2D eigenvalue weighted by atomic mass is 9.73. The van der Waals surface area contributed by atoms with Crippen LogP contribution < -0.4 is 5.32 Å². The summed E-state index contributed by atoms with van der Waals surface area (Å²) in [5.41, 5.74) is 0.367. The van der Waals surface area contributed by atoms with Gasteiger partial charge >= 0.3 is 5.97 Å². The lowest BCUT2D eigenvalue weighted by Crippen LogP contribution is -2.46. The van der Waals surface area contributed by atoms with Crippen LogP contribution in [0.3, 0.4) is 0 Å². The molecule has 0 fully saturated rings. The van der Waals surface area contributed by atoms with Crippen molar-refractivity contribution < 1.29 is 29.3 Å². The molecule has 0 bridgehead atoms. The number of aliphatic hydroxyl groups is 2. The van der Waals surface area contributed by atoms with Crippen LogP contribution in [0.4, 0.5) is 5.69 Å². The fourth-order valence-corrected chi connectivity index (χ4v) is 4.26. The SMILES string of the molecule is CC1=CCC(C(=O)Nc2ccccc2)OC(=O)C[C@H](O)C(C)(C)C(=O)[C@@H](C)[C@H](O)[C@H](C)CCC1. The zero-order valence-corrected chi connectivity index (χ0v) is 20.9. The first-order valence-corrected chi connectivity index (χ1v) is 12.0. The van der Waals surface area contributed by atoms with Crippen molar-refractivity contribution in [1.82, 2.24) is 0 Å². The number of carbonyl (C=O) groups excluding carboxylic acids is 3. The monoisotopic (exact) mass is 473 g/mol. The van der Waals surface area contributed by atoms with Crippen molar-refractivity contribution in [3.05, 3.63) is 42.0 Å². The third kappa shape index (κ3) is 7.50. The van der Waals surface area contributed by atoms with Crippen molar-refractivity contribution in [3.63, 3.8) is 0 Å². The van der Waals surface area contributed by atoms with Crippen molar-refractivity contribution >= 4 is 23.3 Å². The molecule has 3 N–H and O–H groups in total. The first-order valence-electron chi connectivity index (χ1n) is 12.0. The maximum atomic E-state index is 13.1. The summed E-state index contributed by atoms with van der Waals surface area (Å²) in [7, 11) is 0. The molecule has 7 nitrogen and oxygen atoms in total. The highest BCUT2D eigenvalue weighted by Gasteiger charge is 2.42. The molecule has 188 valence electrons. The Morgan fingerprint density at radius 1 is 1.12 bits per heavy atom.